The van der Waals surface area contributed by atoms with E-state index in [4.69, 9.17) is 4.74 Å². The topological polar surface area (TPSA) is 32.7 Å². The van der Waals surface area contributed by atoms with Gasteiger partial charge in [-0.25, -0.2) is 0 Å². The van der Waals surface area contributed by atoms with Gasteiger partial charge in [-0.2, -0.15) is 5.06 Å². The van der Waals surface area contributed by atoms with Crippen LogP contribution in [0.2, 0.25) is 0 Å². The van der Waals surface area contributed by atoms with Gasteiger partial charge < -0.3 is 26.8 Å². The Morgan fingerprint density at radius 2 is 1.55 bits per heavy atom. The van der Waals surface area contributed by atoms with Gasteiger partial charge in [0.2, 0.25) is 0 Å². The van der Waals surface area contributed by atoms with Crippen LogP contribution in [-0.4, -0.2) is 66.2 Å². The number of hydrogen-bond acceptors (Lipinski definition) is 3. The van der Waals surface area contributed by atoms with Gasteiger partial charge >= 0.3 is 0 Å². The highest BCUT2D eigenvalue weighted by atomic mass is 35.5. The van der Waals surface area contributed by atoms with Crippen molar-refractivity contribution in [3.63, 3.8) is 0 Å². The summed E-state index contributed by atoms with van der Waals surface area (Å²) < 4.78 is 7.03. The minimum absolute atomic E-state index is 0. The lowest BCUT2D eigenvalue weighted by Gasteiger charge is -2.51. The molecule has 4 nitrogen and oxygen atoms in total. The Morgan fingerprint density at radius 3 is 1.95 bits per heavy atom. The minimum Gasteiger partial charge on any atom is -1.00 e. The zero-order valence-electron chi connectivity index (χ0n) is 14.2. The van der Waals surface area contributed by atoms with Gasteiger partial charge in [0.05, 0.1) is 40.4 Å². The Hall–Kier alpha value is 0.130. The molecule has 20 heavy (non-hydrogen) atoms. The first-order chi connectivity index (χ1) is 8.44. The monoisotopic (exact) mass is 308 g/mol. The molecule has 1 saturated heterocycles. The number of quaternary nitrogens is 1. The Labute approximate surface area is 131 Å². The highest BCUT2D eigenvalue weighted by Gasteiger charge is 2.45. The second kappa shape index (κ2) is 6.93. The summed E-state index contributed by atoms with van der Waals surface area (Å²) in [6.45, 7) is 10.3. The lowest BCUT2D eigenvalue weighted by Crippen LogP contribution is -3.00. The number of piperidine rings is 1. The van der Waals surface area contributed by atoms with Crippen molar-refractivity contribution in [3.05, 3.63) is 0 Å². The molecule has 1 rings (SSSR count). The molecule has 0 aromatic heterocycles. The van der Waals surface area contributed by atoms with Crippen molar-refractivity contribution in [2.75, 3.05) is 34.3 Å². The van der Waals surface area contributed by atoms with Crippen molar-refractivity contribution < 1.29 is 26.8 Å². The van der Waals surface area contributed by atoms with Gasteiger partial charge in [0.15, 0.2) is 0 Å². The number of hydrogen-bond donors (Lipinski definition) is 1. The lowest BCUT2D eigenvalue weighted by molar-refractivity contribution is -0.870. The largest absolute Gasteiger partial charge is 1.00 e. The summed E-state index contributed by atoms with van der Waals surface area (Å²) in [7, 11) is 6.61. The van der Waals surface area contributed by atoms with E-state index in [1.807, 2.05) is 0 Å². The van der Waals surface area contributed by atoms with Gasteiger partial charge in [0.25, 0.3) is 0 Å². The number of rotatable bonds is 5. The van der Waals surface area contributed by atoms with E-state index in [1.165, 1.54) is 5.06 Å². The van der Waals surface area contributed by atoms with Gasteiger partial charge in [-0.3, -0.25) is 0 Å². The van der Waals surface area contributed by atoms with Crippen LogP contribution in [0.15, 0.2) is 0 Å². The molecular weight excluding hydrogens is 276 g/mol. The Balaban J connectivity index is 0.00000361. The van der Waals surface area contributed by atoms with E-state index in [2.05, 4.69) is 48.8 Å². The zero-order valence-corrected chi connectivity index (χ0v) is 15.0. The third-order valence-corrected chi connectivity index (χ3v) is 3.93. The average molecular weight is 309 g/mol. The molecule has 0 radical (unpaired) electrons. The predicted molar refractivity (Wildman–Crippen MR) is 78.3 cm³/mol. The average Bonchev–Trinajstić information content (AvgIpc) is 2.19. The highest BCUT2D eigenvalue weighted by Crippen LogP contribution is 2.37. The van der Waals surface area contributed by atoms with Crippen LogP contribution in [0.4, 0.5) is 0 Å². The maximum absolute atomic E-state index is 10.2. The van der Waals surface area contributed by atoms with Crippen LogP contribution in [0.3, 0.4) is 0 Å². The maximum atomic E-state index is 10.2. The van der Waals surface area contributed by atoms with Crippen LogP contribution in [0, 0.1) is 0 Å². The fourth-order valence-corrected chi connectivity index (χ4v) is 3.09. The first-order valence-corrected chi connectivity index (χ1v) is 7.35. The summed E-state index contributed by atoms with van der Waals surface area (Å²) >= 11 is 0. The van der Waals surface area contributed by atoms with Crippen molar-refractivity contribution in [2.24, 2.45) is 0 Å². The van der Waals surface area contributed by atoms with E-state index in [-0.39, 0.29) is 29.6 Å². The smallest absolute Gasteiger partial charge is 0.0802 e. The SMILES string of the molecule is CC1(C)CC(OCCC[N+](C)(C)C)CC(C)(C)N1O.[Cl-]. The first-order valence-electron chi connectivity index (χ1n) is 7.35. The van der Waals surface area contributed by atoms with Crippen molar-refractivity contribution in [2.45, 2.75) is 64.1 Å². The van der Waals surface area contributed by atoms with Crippen LogP contribution in [0.5, 0.6) is 0 Å². The van der Waals surface area contributed by atoms with E-state index in [1.54, 1.807) is 0 Å². The summed E-state index contributed by atoms with van der Waals surface area (Å²) in [5.41, 5.74) is -0.432. The van der Waals surface area contributed by atoms with Gasteiger partial charge in [0.1, 0.15) is 0 Å². The fourth-order valence-electron chi connectivity index (χ4n) is 3.09. The van der Waals surface area contributed by atoms with Crippen molar-refractivity contribution in [1.82, 2.24) is 5.06 Å². The van der Waals surface area contributed by atoms with E-state index in [0.29, 0.717) is 0 Å². The van der Waals surface area contributed by atoms with E-state index in [9.17, 15) is 5.21 Å². The molecule has 0 aromatic carbocycles. The van der Waals surface area contributed by atoms with E-state index in [0.717, 1.165) is 36.9 Å². The molecule has 0 atom stereocenters. The fraction of sp³-hybridized carbons (Fsp3) is 1.00. The molecule has 0 amide bonds. The molecular formula is C15H33ClN2O2. The van der Waals surface area contributed by atoms with Crippen molar-refractivity contribution >= 4 is 0 Å². The van der Waals surface area contributed by atoms with Crippen molar-refractivity contribution in [1.29, 1.82) is 0 Å². The Morgan fingerprint density at radius 1 is 1.10 bits per heavy atom. The van der Waals surface area contributed by atoms with Gasteiger partial charge in [-0.1, -0.05) is 0 Å². The summed E-state index contributed by atoms with van der Waals surface area (Å²) in [5.74, 6) is 0. The second-order valence-electron chi connectivity index (χ2n) is 8.21. The maximum Gasteiger partial charge on any atom is 0.0802 e. The van der Waals surface area contributed by atoms with Crippen molar-refractivity contribution in [3.8, 4) is 0 Å². The molecule has 122 valence electrons. The van der Waals surface area contributed by atoms with Crippen LogP contribution < -0.4 is 12.4 Å². The molecule has 5 heteroatoms. The highest BCUT2D eigenvalue weighted by molar-refractivity contribution is 4.96. The van der Waals surface area contributed by atoms with Gasteiger partial charge in [-0.05, 0) is 40.5 Å². The van der Waals surface area contributed by atoms with Crippen LogP contribution in [-0.2, 0) is 4.74 Å². The molecule has 1 aliphatic rings. The van der Waals surface area contributed by atoms with Gasteiger partial charge in [0, 0.05) is 17.5 Å². The van der Waals surface area contributed by atoms with E-state index < -0.39 is 0 Å². The van der Waals surface area contributed by atoms with Crippen LogP contribution in [0.25, 0.3) is 0 Å². The minimum atomic E-state index is -0.216. The molecule has 0 aromatic rings. The molecule has 0 bridgehead atoms. The number of ether oxygens (including phenoxy) is 1. The zero-order chi connectivity index (χ0) is 14.9. The van der Waals surface area contributed by atoms with Crippen LogP contribution >= 0.6 is 0 Å². The standard InChI is InChI=1S/C15H33N2O2.ClH/c1-14(2)11-13(12-15(3,4)16(14)18)19-10-8-9-17(5,6)7;/h13,18H,8-12H2,1-7H3;1H/q+1;/p-1. The van der Waals surface area contributed by atoms with E-state index >= 15 is 0 Å². The summed E-state index contributed by atoms with van der Waals surface area (Å²) in [5, 5.41) is 11.7. The van der Waals surface area contributed by atoms with Crippen LogP contribution in [0.1, 0.15) is 47.0 Å². The number of nitrogens with zero attached hydrogens (tertiary/aromatic N) is 2. The first kappa shape index (κ1) is 20.1. The number of hydroxylamine groups is 2. The molecule has 1 fully saturated rings. The molecule has 1 N–H and O–H groups in total. The third kappa shape index (κ3) is 5.86. The molecule has 0 aliphatic carbocycles. The molecule has 1 aliphatic heterocycles. The predicted octanol–water partition coefficient (Wildman–Crippen LogP) is -0.486. The van der Waals surface area contributed by atoms with Gasteiger partial charge in [-0.15, -0.1) is 0 Å². The molecule has 0 unspecified atom stereocenters. The molecule has 0 saturated carbocycles. The quantitative estimate of drug-likeness (QED) is 0.550. The third-order valence-electron chi connectivity index (χ3n) is 3.93. The summed E-state index contributed by atoms with van der Waals surface area (Å²) in [6, 6.07) is 0. The molecule has 1 heterocycles. The summed E-state index contributed by atoms with van der Waals surface area (Å²) in [6.07, 6.45) is 3.11. The summed E-state index contributed by atoms with van der Waals surface area (Å²) in [4.78, 5) is 0. The number of halogens is 1. The molecule has 0 spiro atoms. The normalized spacial score (nSPS) is 23.4. The Kier molecular flexibility index (Phi) is 6.97. The Bertz CT molecular complexity index is 283. The lowest BCUT2D eigenvalue weighted by atomic mass is 9.80. The second-order valence-corrected chi connectivity index (χ2v) is 8.21.